The molecule has 0 radical (unpaired) electrons. The Hall–Kier alpha value is -2.79. The molecule has 0 spiro atoms. The van der Waals surface area contributed by atoms with Crippen LogP contribution in [-0.2, 0) is 17.8 Å². The van der Waals surface area contributed by atoms with Crippen LogP contribution in [0.5, 0.6) is 0 Å². The van der Waals surface area contributed by atoms with Gasteiger partial charge in [-0.05, 0) is 48.1 Å². The minimum Gasteiger partial charge on any atom is -0.481 e. The van der Waals surface area contributed by atoms with Crippen LogP contribution >= 0.6 is 11.8 Å². The third-order valence-corrected chi connectivity index (χ3v) is 5.93. The van der Waals surface area contributed by atoms with Gasteiger partial charge in [0.25, 0.3) is 0 Å². The fraction of sp³-hybridized carbons (Fsp3) is 0.174. The number of carboxylic acids is 1. The number of halogens is 1. The number of carbonyl (C=O) groups is 1. The van der Waals surface area contributed by atoms with Gasteiger partial charge in [0.2, 0.25) is 0 Å². The molecule has 1 heterocycles. The molecule has 0 aliphatic rings. The van der Waals surface area contributed by atoms with Gasteiger partial charge in [0.15, 0.2) is 0 Å². The zero-order valence-corrected chi connectivity index (χ0v) is 16.5. The van der Waals surface area contributed by atoms with Crippen LogP contribution in [0.1, 0.15) is 16.7 Å². The number of hydrogen-bond acceptors (Lipinski definition) is 2. The van der Waals surface area contributed by atoms with E-state index in [1.165, 1.54) is 12.1 Å². The van der Waals surface area contributed by atoms with Crippen LogP contribution in [0.15, 0.2) is 59.5 Å². The Morgan fingerprint density at radius 1 is 1.14 bits per heavy atom. The van der Waals surface area contributed by atoms with Gasteiger partial charge in [0.1, 0.15) is 5.82 Å². The van der Waals surface area contributed by atoms with E-state index in [1.54, 1.807) is 23.9 Å². The monoisotopic (exact) mass is 393 g/mol. The minimum absolute atomic E-state index is 0.00890. The predicted octanol–water partition coefficient (Wildman–Crippen LogP) is 5.64. The van der Waals surface area contributed by atoms with Crippen molar-refractivity contribution in [3.63, 3.8) is 0 Å². The van der Waals surface area contributed by atoms with E-state index in [4.69, 9.17) is 0 Å². The molecular formula is C23H20FNO2S. The molecule has 4 rings (SSSR count). The first-order valence-electron chi connectivity index (χ1n) is 9.03. The Morgan fingerprint density at radius 3 is 2.54 bits per heavy atom. The standard InChI is InChI=1S/C23H20FNO2S/c1-14-11-16(12-20(26)27)23(28-2)22-21(14)18-5-3-4-6-19(18)25(22)13-15-7-9-17(24)10-8-15/h3-11H,12-13H2,1-2H3,(H,26,27). The molecule has 0 amide bonds. The van der Waals surface area contributed by atoms with Crippen molar-refractivity contribution in [2.45, 2.75) is 24.8 Å². The van der Waals surface area contributed by atoms with E-state index < -0.39 is 5.97 Å². The van der Waals surface area contributed by atoms with Crippen LogP contribution < -0.4 is 0 Å². The summed E-state index contributed by atoms with van der Waals surface area (Å²) in [7, 11) is 0. The SMILES string of the molecule is CSc1c(CC(=O)O)cc(C)c2c3ccccc3n(Cc3ccc(F)cc3)c12. The van der Waals surface area contributed by atoms with E-state index in [0.717, 1.165) is 43.4 Å². The molecule has 4 aromatic rings. The quantitative estimate of drug-likeness (QED) is 0.446. The Kier molecular flexibility index (Phi) is 4.85. The first-order chi connectivity index (χ1) is 13.5. The molecule has 0 bridgehead atoms. The zero-order valence-electron chi connectivity index (χ0n) is 15.7. The lowest BCUT2D eigenvalue weighted by molar-refractivity contribution is -0.136. The number of nitrogens with zero attached hydrogens (tertiary/aromatic N) is 1. The van der Waals surface area contributed by atoms with Crippen LogP contribution in [0.3, 0.4) is 0 Å². The lowest BCUT2D eigenvalue weighted by Crippen LogP contribution is -2.05. The van der Waals surface area contributed by atoms with Crippen LogP contribution in [0, 0.1) is 12.7 Å². The molecular weight excluding hydrogens is 373 g/mol. The minimum atomic E-state index is -0.838. The number of aryl methyl sites for hydroxylation is 1. The Morgan fingerprint density at radius 2 is 1.86 bits per heavy atom. The highest BCUT2D eigenvalue weighted by Gasteiger charge is 2.20. The number of hydrogen-bond donors (Lipinski definition) is 1. The molecule has 3 aromatic carbocycles. The number of thioether (sulfide) groups is 1. The number of rotatable bonds is 5. The third kappa shape index (κ3) is 3.16. The predicted molar refractivity (Wildman–Crippen MR) is 113 cm³/mol. The topological polar surface area (TPSA) is 42.2 Å². The highest BCUT2D eigenvalue weighted by molar-refractivity contribution is 7.98. The van der Waals surface area contributed by atoms with Gasteiger partial charge in [0, 0.05) is 27.7 Å². The molecule has 1 N–H and O–H groups in total. The molecule has 0 saturated heterocycles. The van der Waals surface area contributed by atoms with Gasteiger partial charge < -0.3 is 9.67 Å². The molecule has 5 heteroatoms. The first kappa shape index (κ1) is 18.6. The summed E-state index contributed by atoms with van der Waals surface area (Å²) in [6.07, 6.45) is 1.97. The molecule has 3 nitrogen and oxygen atoms in total. The summed E-state index contributed by atoms with van der Waals surface area (Å²) in [4.78, 5) is 12.4. The van der Waals surface area contributed by atoms with Crippen LogP contribution in [0.2, 0.25) is 0 Å². The summed E-state index contributed by atoms with van der Waals surface area (Å²) >= 11 is 1.57. The van der Waals surface area contributed by atoms with Gasteiger partial charge in [-0.3, -0.25) is 4.79 Å². The average molecular weight is 393 g/mol. The summed E-state index contributed by atoms with van der Waals surface area (Å²) < 4.78 is 15.6. The molecule has 1 aromatic heterocycles. The van der Waals surface area contributed by atoms with Gasteiger partial charge in [0.05, 0.1) is 11.9 Å². The van der Waals surface area contributed by atoms with Crippen molar-refractivity contribution in [1.29, 1.82) is 0 Å². The molecule has 142 valence electrons. The van der Waals surface area contributed by atoms with Crippen molar-refractivity contribution in [2.75, 3.05) is 6.26 Å². The second-order valence-corrected chi connectivity index (χ2v) is 7.73. The highest BCUT2D eigenvalue weighted by atomic mass is 32.2. The fourth-order valence-electron chi connectivity index (χ4n) is 3.95. The number of aromatic nitrogens is 1. The maximum Gasteiger partial charge on any atom is 0.307 e. The molecule has 0 unspecified atom stereocenters. The second-order valence-electron chi connectivity index (χ2n) is 6.91. The van der Waals surface area contributed by atoms with Gasteiger partial charge in [-0.25, -0.2) is 4.39 Å². The van der Waals surface area contributed by atoms with Crippen LogP contribution in [0.25, 0.3) is 21.8 Å². The third-order valence-electron chi connectivity index (χ3n) is 5.06. The van der Waals surface area contributed by atoms with Gasteiger partial charge in [-0.15, -0.1) is 11.8 Å². The second kappa shape index (κ2) is 7.32. The zero-order chi connectivity index (χ0) is 19.8. The number of aliphatic carboxylic acids is 1. The number of fused-ring (bicyclic) bond motifs is 3. The highest BCUT2D eigenvalue weighted by Crippen LogP contribution is 2.39. The van der Waals surface area contributed by atoms with Gasteiger partial charge in [-0.1, -0.05) is 36.4 Å². The summed E-state index contributed by atoms with van der Waals surface area (Å²) in [5.74, 6) is -1.09. The number of carboxylic acid groups (broad SMARTS) is 1. The van der Waals surface area contributed by atoms with Gasteiger partial charge >= 0.3 is 5.97 Å². The molecule has 0 aliphatic heterocycles. The van der Waals surface area contributed by atoms with Crippen molar-refractivity contribution >= 4 is 39.5 Å². The summed E-state index contributed by atoms with van der Waals surface area (Å²) in [6.45, 7) is 2.63. The first-order valence-corrected chi connectivity index (χ1v) is 10.3. The lowest BCUT2D eigenvalue weighted by atomic mass is 10.0. The van der Waals surface area contributed by atoms with E-state index in [9.17, 15) is 14.3 Å². The Labute approximate surface area is 166 Å². The van der Waals surface area contributed by atoms with E-state index >= 15 is 0 Å². The van der Waals surface area contributed by atoms with Crippen LogP contribution in [-0.4, -0.2) is 21.9 Å². The molecule has 28 heavy (non-hydrogen) atoms. The van der Waals surface area contributed by atoms with E-state index in [0.29, 0.717) is 6.54 Å². The molecule has 0 aliphatic carbocycles. The van der Waals surface area contributed by atoms with E-state index in [2.05, 4.69) is 16.7 Å². The number of para-hydroxylation sites is 1. The smallest absolute Gasteiger partial charge is 0.307 e. The summed E-state index contributed by atoms with van der Waals surface area (Å²) in [6, 6.07) is 16.7. The Bertz CT molecular complexity index is 1200. The Balaban J connectivity index is 2.06. The van der Waals surface area contributed by atoms with E-state index in [-0.39, 0.29) is 12.2 Å². The van der Waals surface area contributed by atoms with Gasteiger partial charge in [-0.2, -0.15) is 0 Å². The van der Waals surface area contributed by atoms with Crippen molar-refractivity contribution < 1.29 is 14.3 Å². The van der Waals surface area contributed by atoms with Crippen molar-refractivity contribution in [1.82, 2.24) is 4.57 Å². The van der Waals surface area contributed by atoms with Crippen LogP contribution in [0.4, 0.5) is 4.39 Å². The van der Waals surface area contributed by atoms with E-state index in [1.807, 2.05) is 31.4 Å². The fourth-order valence-corrected chi connectivity index (χ4v) is 4.75. The molecule has 0 atom stereocenters. The maximum atomic E-state index is 13.4. The largest absolute Gasteiger partial charge is 0.481 e. The molecule has 0 fully saturated rings. The summed E-state index contributed by atoms with van der Waals surface area (Å²) in [5.41, 5.74) is 5.03. The average Bonchev–Trinajstić information content (AvgIpc) is 2.98. The van der Waals surface area contributed by atoms with Crippen molar-refractivity contribution in [3.8, 4) is 0 Å². The maximum absolute atomic E-state index is 13.4. The normalized spacial score (nSPS) is 11.4. The summed E-state index contributed by atoms with van der Waals surface area (Å²) in [5, 5.41) is 11.7. The van der Waals surface area contributed by atoms with Crippen molar-refractivity contribution in [3.05, 3.63) is 77.1 Å². The van der Waals surface area contributed by atoms with Crippen molar-refractivity contribution in [2.24, 2.45) is 0 Å². The molecule has 0 saturated carbocycles. The lowest BCUT2D eigenvalue weighted by Gasteiger charge is -2.14. The number of benzene rings is 3.